The lowest BCUT2D eigenvalue weighted by Crippen LogP contribution is -2.29. The second kappa shape index (κ2) is 8.73. The van der Waals surface area contributed by atoms with E-state index in [1.54, 1.807) is 24.3 Å². The first kappa shape index (κ1) is 20.8. The molecule has 0 aliphatic carbocycles. The van der Waals surface area contributed by atoms with Gasteiger partial charge in [-0.05, 0) is 50.6 Å². The fourth-order valence-corrected chi connectivity index (χ4v) is 3.68. The molecule has 0 unspecified atom stereocenters. The number of rotatable bonds is 6. The van der Waals surface area contributed by atoms with Gasteiger partial charge in [0.25, 0.3) is 5.91 Å². The highest BCUT2D eigenvalue weighted by atomic mass is 35.5. The number of anilines is 1. The number of carbonyl (C=O) groups is 1. The van der Waals surface area contributed by atoms with Gasteiger partial charge in [0.05, 0.1) is 27.4 Å². The largest absolute Gasteiger partial charge is 0.368 e. The van der Waals surface area contributed by atoms with Gasteiger partial charge >= 0.3 is 0 Å². The van der Waals surface area contributed by atoms with Gasteiger partial charge in [-0.25, -0.2) is 14.6 Å². The van der Waals surface area contributed by atoms with Gasteiger partial charge in [-0.15, -0.1) is 0 Å². The highest BCUT2D eigenvalue weighted by Gasteiger charge is 2.16. The molecule has 158 valence electrons. The lowest BCUT2D eigenvalue weighted by molar-refractivity contribution is 0.0955. The smallest absolute Gasteiger partial charge is 0.252 e. The minimum atomic E-state index is -0.208. The predicted molar refractivity (Wildman–Crippen MR) is 123 cm³/mol. The normalized spacial score (nSPS) is 11.0. The molecular weight excluding hydrogens is 412 g/mol. The average Bonchev–Trinajstić information content (AvgIpc) is 3.07. The van der Waals surface area contributed by atoms with Crippen molar-refractivity contribution in [2.45, 2.75) is 20.8 Å². The number of nitrogens with one attached hydrogen (secondary N) is 2. The SMILES string of the molecule is Cc1cccc(-n2nc(C)c3c(NCCNC(=O)c4ccccc4Cl)nc(C)nc32)c1. The van der Waals surface area contributed by atoms with E-state index in [-0.39, 0.29) is 5.91 Å². The van der Waals surface area contributed by atoms with Crippen molar-refractivity contribution in [1.82, 2.24) is 25.1 Å². The first-order valence-corrected chi connectivity index (χ1v) is 10.4. The summed E-state index contributed by atoms with van der Waals surface area (Å²) in [5, 5.41) is 12.2. The number of aryl methyl sites for hydroxylation is 3. The molecule has 0 saturated carbocycles. The van der Waals surface area contributed by atoms with Crippen LogP contribution in [0.5, 0.6) is 0 Å². The molecule has 8 heteroatoms. The van der Waals surface area contributed by atoms with Gasteiger partial charge in [0.1, 0.15) is 11.6 Å². The number of fused-ring (bicyclic) bond motifs is 1. The van der Waals surface area contributed by atoms with Crippen LogP contribution >= 0.6 is 11.6 Å². The number of benzene rings is 2. The zero-order valence-electron chi connectivity index (χ0n) is 17.6. The Kier molecular flexibility index (Phi) is 5.86. The van der Waals surface area contributed by atoms with E-state index >= 15 is 0 Å². The molecular formula is C23H23ClN6O. The first-order valence-electron chi connectivity index (χ1n) is 10.0. The van der Waals surface area contributed by atoms with E-state index in [2.05, 4.69) is 26.7 Å². The Morgan fingerprint density at radius 1 is 1.03 bits per heavy atom. The van der Waals surface area contributed by atoms with Crippen LogP contribution in [0.4, 0.5) is 5.82 Å². The Balaban J connectivity index is 1.53. The molecule has 2 N–H and O–H groups in total. The van der Waals surface area contributed by atoms with Gasteiger partial charge in [0.2, 0.25) is 0 Å². The quantitative estimate of drug-likeness (QED) is 0.443. The molecule has 0 radical (unpaired) electrons. The Hall–Kier alpha value is -3.45. The van der Waals surface area contributed by atoms with Crippen LogP contribution in [0.15, 0.2) is 48.5 Å². The van der Waals surface area contributed by atoms with Gasteiger partial charge < -0.3 is 10.6 Å². The fraction of sp³-hybridized carbons (Fsp3) is 0.217. The molecule has 0 aliphatic heterocycles. The monoisotopic (exact) mass is 434 g/mol. The third-order valence-electron chi connectivity index (χ3n) is 4.88. The Labute approximate surface area is 185 Å². The lowest BCUT2D eigenvalue weighted by Gasteiger charge is -2.10. The van der Waals surface area contributed by atoms with E-state index in [0.717, 1.165) is 28.0 Å². The first-order chi connectivity index (χ1) is 14.9. The number of nitrogens with zero attached hydrogens (tertiary/aromatic N) is 4. The molecule has 0 bridgehead atoms. The summed E-state index contributed by atoms with van der Waals surface area (Å²) < 4.78 is 1.84. The van der Waals surface area contributed by atoms with E-state index in [0.29, 0.717) is 35.3 Å². The van der Waals surface area contributed by atoms with E-state index in [1.807, 2.05) is 43.7 Å². The van der Waals surface area contributed by atoms with E-state index in [9.17, 15) is 4.79 Å². The standard InChI is InChI=1S/C23H23ClN6O/c1-14-7-6-8-17(13-14)30-22-20(15(2)29-30)21(27-16(3)28-22)25-11-12-26-23(31)18-9-4-5-10-19(18)24/h4-10,13H,11-12H2,1-3H3,(H,26,31)(H,25,27,28). The van der Waals surface area contributed by atoms with Gasteiger partial charge in [-0.3, -0.25) is 4.79 Å². The molecule has 0 spiro atoms. The summed E-state index contributed by atoms with van der Waals surface area (Å²) in [5.41, 5.74) is 4.14. The molecule has 2 aromatic heterocycles. The zero-order chi connectivity index (χ0) is 22.0. The number of aromatic nitrogens is 4. The van der Waals surface area contributed by atoms with Gasteiger partial charge in [-0.1, -0.05) is 35.9 Å². The van der Waals surface area contributed by atoms with Crippen LogP contribution in [-0.4, -0.2) is 38.7 Å². The summed E-state index contributed by atoms with van der Waals surface area (Å²) in [6.45, 7) is 6.76. The van der Waals surface area contributed by atoms with Crippen molar-refractivity contribution in [3.8, 4) is 5.69 Å². The minimum Gasteiger partial charge on any atom is -0.368 e. The van der Waals surface area contributed by atoms with Crippen LogP contribution in [0.25, 0.3) is 16.7 Å². The maximum Gasteiger partial charge on any atom is 0.252 e. The predicted octanol–water partition coefficient (Wildman–Crippen LogP) is 4.24. The third-order valence-corrected chi connectivity index (χ3v) is 5.21. The van der Waals surface area contributed by atoms with Gasteiger partial charge in [0.15, 0.2) is 5.65 Å². The highest BCUT2D eigenvalue weighted by molar-refractivity contribution is 6.33. The van der Waals surface area contributed by atoms with Gasteiger partial charge in [0, 0.05) is 13.1 Å². The van der Waals surface area contributed by atoms with Crippen molar-refractivity contribution < 1.29 is 4.79 Å². The van der Waals surface area contributed by atoms with Crippen molar-refractivity contribution in [1.29, 1.82) is 0 Å². The minimum absolute atomic E-state index is 0.208. The summed E-state index contributed by atoms with van der Waals surface area (Å²) >= 11 is 6.09. The van der Waals surface area contributed by atoms with Crippen LogP contribution in [0.1, 0.15) is 27.4 Å². The van der Waals surface area contributed by atoms with E-state index < -0.39 is 0 Å². The number of carbonyl (C=O) groups excluding carboxylic acids is 1. The van der Waals surface area contributed by atoms with E-state index in [1.165, 1.54) is 0 Å². The molecule has 0 atom stereocenters. The van der Waals surface area contributed by atoms with Crippen LogP contribution in [0, 0.1) is 20.8 Å². The summed E-state index contributed by atoms with van der Waals surface area (Å²) in [6.07, 6.45) is 0. The van der Waals surface area contributed by atoms with E-state index in [4.69, 9.17) is 16.7 Å². The Bertz CT molecular complexity index is 1270. The third kappa shape index (κ3) is 4.36. The number of hydrogen-bond donors (Lipinski definition) is 2. The molecule has 0 aliphatic rings. The van der Waals surface area contributed by atoms with Crippen molar-refractivity contribution in [3.63, 3.8) is 0 Å². The van der Waals surface area contributed by atoms with Crippen molar-refractivity contribution in [2.24, 2.45) is 0 Å². The fourth-order valence-electron chi connectivity index (χ4n) is 3.46. The molecule has 4 aromatic rings. The Morgan fingerprint density at radius 2 is 1.84 bits per heavy atom. The van der Waals surface area contributed by atoms with Gasteiger partial charge in [-0.2, -0.15) is 5.10 Å². The lowest BCUT2D eigenvalue weighted by atomic mass is 10.2. The van der Waals surface area contributed by atoms with Crippen molar-refractivity contribution in [3.05, 3.63) is 76.2 Å². The number of halogens is 1. The van der Waals surface area contributed by atoms with Crippen molar-refractivity contribution in [2.75, 3.05) is 18.4 Å². The van der Waals surface area contributed by atoms with Crippen LogP contribution < -0.4 is 10.6 Å². The van der Waals surface area contributed by atoms with Crippen LogP contribution in [0.3, 0.4) is 0 Å². The number of amides is 1. The number of hydrogen-bond acceptors (Lipinski definition) is 5. The zero-order valence-corrected chi connectivity index (χ0v) is 18.4. The second-order valence-electron chi connectivity index (χ2n) is 7.32. The molecule has 0 fully saturated rings. The summed E-state index contributed by atoms with van der Waals surface area (Å²) in [7, 11) is 0. The molecule has 31 heavy (non-hydrogen) atoms. The summed E-state index contributed by atoms with van der Waals surface area (Å²) in [4.78, 5) is 21.5. The summed E-state index contributed by atoms with van der Waals surface area (Å²) in [6, 6.07) is 15.1. The molecule has 1 amide bonds. The molecule has 7 nitrogen and oxygen atoms in total. The van der Waals surface area contributed by atoms with Crippen molar-refractivity contribution >= 4 is 34.4 Å². The van der Waals surface area contributed by atoms with Crippen LogP contribution in [0.2, 0.25) is 5.02 Å². The van der Waals surface area contributed by atoms with Crippen LogP contribution in [-0.2, 0) is 0 Å². The summed E-state index contributed by atoms with van der Waals surface area (Å²) in [5.74, 6) is 1.13. The maximum atomic E-state index is 12.3. The second-order valence-corrected chi connectivity index (χ2v) is 7.72. The topological polar surface area (TPSA) is 84.7 Å². The molecule has 2 aromatic carbocycles. The average molecular weight is 435 g/mol. The Morgan fingerprint density at radius 3 is 2.61 bits per heavy atom. The molecule has 2 heterocycles. The molecule has 0 saturated heterocycles. The maximum absolute atomic E-state index is 12.3. The highest BCUT2D eigenvalue weighted by Crippen LogP contribution is 2.26. The molecule has 4 rings (SSSR count).